The van der Waals surface area contributed by atoms with Crippen molar-refractivity contribution in [3.63, 3.8) is 0 Å². The Morgan fingerprint density at radius 1 is 1.04 bits per heavy atom. The fraction of sp³-hybridized carbons (Fsp3) is 0.111. The number of imide groups is 1. The van der Waals surface area contributed by atoms with Crippen LogP contribution < -0.4 is 9.64 Å². The van der Waals surface area contributed by atoms with Gasteiger partial charge in [-0.2, -0.15) is 0 Å². The van der Waals surface area contributed by atoms with E-state index in [4.69, 9.17) is 16.3 Å². The molecular weight excluding hydrogens is 330 g/mol. The topological polar surface area (TPSA) is 66.8 Å². The number of anilines is 1. The quantitative estimate of drug-likeness (QED) is 0.866. The Bertz CT molecular complexity index is 871. The van der Waals surface area contributed by atoms with Crippen molar-refractivity contribution in [2.45, 2.75) is 6.92 Å². The lowest BCUT2D eigenvalue weighted by molar-refractivity contribution is -0.121. The number of nitrogens with zero attached hydrogens (tertiary/aromatic N) is 1. The van der Waals surface area contributed by atoms with Gasteiger partial charge in [-0.05, 0) is 42.3 Å². The largest absolute Gasteiger partial charge is 0.502 e. The number of amides is 2. The molecule has 1 aliphatic rings. The second-order valence-corrected chi connectivity index (χ2v) is 5.69. The van der Waals surface area contributed by atoms with Crippen LogP contribution in [0.1, 0.15) is 11.1 Å². The first-order valence-corrected chi connectivity index (χ1v) is 7.55. The van der Waals surface area contributed by atoms with Crippen molar-refractivity contribution in [3.8, 4) is 5.75 Å². The van der Waals surface area contributed by atoms with Crippen LogP contribution in [0.5, 0.6) is 5.75 Å². The number of carbonyl (C=O) groups excluding carboxylic acids is 2. The smallest absolute Gasteiger partial charge is 0.301 e. The van der Waals surface area contributed by atoms with E-state index in [1.807, 2.05) is 0 Å². The van der Waals surface area contributed by atoms with Crippen LogP contribution in [0.2, 0.25) is 5.02 Å². The molecule has 0 spiro atoms. The van der Waals surface area contributed by atoms with Crippen LogP contribution in [-0.2, 0) is 9.59 Å². The molecule has 1 N–H and O–H groups in total. The SMILES string of the molecule is COc1ccc(C2=C(O)C(=O)N(c3cccc(Cl)c3C)C2=O)cc1. The maximum absolute atomic E-state index is 12.8. The third kappa shape index (κ3) is 2.43. The molecule has 5 nitrogen and oxygen atoms in total. The van der Waals surface area contributed by atoms with Crippen LogP contribution in [0.15, 0.2) is 48.2 Å². The normalized spacial score (nSPS) is 14.5. The number of hydrogen-bond acceptors (Lipinski definition) is 4. The molecule has 0 aromatic heterocycles. The summed E-state index contributed by atoms with van der Waals surface area (Å²) in [4.78, 5) is 26.1. The number of hydrogen-bond donors (Lipinski definition) is 1. The zero-order valence-corrected chi connectivity index (χ0v) is 13.8. The second kappa shape index (κ2) is 6.02. The summed E-state index contributed by atoms with van der Waals surface area (Å²) in [5.74, 6) is -1.33. The summed E-state index contributed by atoms with van der Waals surface area (Å²) in [5.41, 5.74) is 1.34. The maximum Gasteiger partial charge on any atom is 0.301 e. The first kappa shape index (κ1) is 16.1. The standard InChI is InChI=1S/C18H14ClNO4/c1-10-13(19)4-3-5-14(10)20-17(22)15(16(21)18(20)23)11-6-8-12(24-2)9-7-11/h3-9,21H,1-2H3. The van der Waals surface area contributed by atoms with Crippen molar-refractivity contribution in [1.29, 1.82) is 0 Å². The highest BCUT2D eigenvalue weighted by Crippen LogP contribution is 2.35. The van der Waals surface area contributed by atoms with Crippen LogP contribution in [0.25, 0.3) is 5.57 Å². The summed E-state index contributed by atoms with van der Waals surface area (Å²) in [5, 5.41) is 10.6. The minimum atomic E-state index is -0.767. The lowest BCUT2D eigenvalue weighted by atomic mass is 10.1. The van der Waals surface area contributed by atoms with E-state index in [1.165, 1.54) is 7.11 Å². The van der Waals surface area contributed by atoms with Gasteiger partial charge in [-0.1, -0.05) is 29.8 Å². The number of aliphatic hydroxyl groups is 1. The van der Waals surface area contributed by atoms with Crippen LogP contribution in [0.4, 0.5) is 5.69 Å². The second-order valence-electron chi connectivity index (χ2n) is 5.28. The van der Waals surface area contributed by atoms with Gasteiger partial charge in [0.05, 0.1) is 18.4 Å². The monoisotopic (exact) mass is 343 g/mol. The average Bonchev–Trinajstić information content (AvgIpc) is 2.80. The van der Waals surface area contributed by atoms with Gasteiger partial charge in [-0.25, -0.2) is 4.90 Å². The number of carbonyl (C=O) groups is 2. The van der Waals surface area contributed by atoms with Crippen molar-refractivity contribution < 1.29 is 19.4 Å². The zero-order valence-electron chi connectivity index (χ0n) is 13.0. The van der Waals surface area contributed by atoms with Crippen molar-refractivity contribution in [2.75, 3.05) is 12.0 Å². The Balaban J connectivity index is 2.05. The molecule has 2 aromatic rings. The molecule has 0 unspecified atom stereocenters. The highest BCUT2D eigenvalue weighted by atomic mass is 35.5. The Hall–Kier alpha value is -2.79. The van der Waals surface area contributed by atoms with Gasteiger partial charge in [-0.3, -0.25) is 9.59 Å². The maximum atomic E-state index is 12.8. The van der Waals surface area contributed by atoms with Gasteiger partial charge in [0.1, 0.15) is 5.75 Å². The Morgan fingerprint density at radius 3 is 2.33 bits per heavy atom. The first-order chi connectivity index (χ1) is 11.5. The van der Waals surface area contributed by atoms with E-state index in [0.717, 1.165) is 4.90 Å². The Labute approximate surface area is 143 Å². The molecule has 122 valence electrons. The number of aliphatic hydroxyl groups excluding tert-OH is 1. The summed E-state index contributed by atoms with van der Waals surface area (Å²) in [7, 11) is 1.53. The van der Waals surface area contributed by atoms with E-state index in [9.17, 15) is 14.7 Å². The molecule has 2 aromatic carbocycles. The van der Waals surface area contributed by atoms with Gasteiger partial charge >= 0.3 is 5.91 Å². The summed E-state index contributed by atoms with van der Waals surface area (Å²) in [6.07, 6.45) is 0. The zero-order chi connectivity index (χ0) is 17.4. The third-order valence-corrected chi connectivity index (χ3v) is 4.33. The predicted molar refractivity (Wildman–Crippen MR) is 91.2 cm³/mol. The summed E-state index contributed by atoms with van der Waals surface area (Å²) < 4.78 is 5.07. The predicted octanol–water partition coefficient (Wildman–Crippen LogP) is 3.50. The van der Waals surface area contributed by atoms with Crippen molar-refractivity contribution in [2.24, 2.45) is 0 Å². The molecule has 0 atom stereocenters. The molecule has 1 aliphatic heterocycles. The van der Waals surface area contributed by atoms with E-state index in [0.29, 0.717) is 27.6 Å². The lowest BCUT2D eigenvalue weighted by Gasteiger charge is -2.17. The lowest BCUT2D eigenvalue weighted by Crippen LogP contribution is -2.32. The van der Waals surface area contributed by atoms with Gasteiger partial charge < -0.3 is 9.84 Å². The number of halogens is 1. The molecule has 24 heavy (non-hydrogen) atoms. The van der Waals surface area contributed by atoms with Crippen molar-refractivity contribution in [3.05, 3.63) is 64.4 Å². The molecule has 2 amide bonds. The molecule has 0 radical (unpaired) electrons. The molecule has 0 aliphatic carbocycles. The van der Waals surface area contributed by atoms with E-state index >= 15 is 0 Å². The fourth-order valence-corrected chi connectivity index (χ4v) is 2.76. The van der Waals surface area contributed by atoms with Crippen molar-refractivity contribution >= 4 is 34.7 Å². The van der Waals surface area contributed by atoms with Crippen LogP contribution in [0, 0.1) is 6.92 Å². The van der Waals surface area contributed by atoms with E-state index in [2.05, 4.69) is 0 Å². The van der Waals surface area contributed by atoms with Crippen molar-refractivity contribution in [1.82, 2.24) is 0 Å². The van der Waals surface area contributed by atoms with Gasteiger partial charge in [0.25, 0.3) is 5.91 Å². The number of rotatable bonds is 3. The summed E-state index contributed by atoms with van der Waals surface area (Å²) in [6.45, 7) is 1.71. The van der Waals surface area contributed by atoms with E-state index in [-0.39, 0.29) is 5.57 Å². The van der Waals surface area contributed by atoms with Gasteiger partial charge in [0.15, 0.2) is 5.76 Å². The van der Waals surface area contributed by atoms with Crippen LogP contribution in [0.3, 0.4) is 0 Å². The Morgan fingerprint density at radius 2 is 1.71 bits per heavy atom. The molecular formula is C18H14ClNO4. The summed E-state index contributed by atoms with van der Waals surface area (Å²) in [6, 6.07) is 11.5. The van der Waals surface area contributed by atoms with Gasteiger partial charge in [-0.15, -0.1) is 0 Å². The molecule has 0 saturated carbocycles. The molecule has 0 fully saturated rings. The third-order valence-electron chi connectivity index (χ3n) is 3.92. The Kier molecular flexibility index (Phi) is 4.03. The molecule has 3 rings (SSSR count). The van der Waals surface area contributed by atoms with Gasteiger partial charge in [0.2, 0.25) is 0 Å². The average molecular weight is 344 g/mol. The highest BCUT2D eigenvalue weighted by Gasteiger charge is 2.40. The summed E-state index contributed by atoms with van der Waals surface area (Å²) >= 11 is 6.07. The highest BCUT2D eigenvalue weighted by molar-refractivity contribution is 6.45. The molecule has 0 bridgehead atoms. The first-order valence-electron chi connectivity index (χ1n) is 7.17. The minimum absolute atomic E-state index is 0.0398. The fourth-order valence-electron chi connectivity index (χ4n) is 2.59. The molecule has 6 heteroatoms. The van der Waals surface area contributed by atoms with Gasteiger partial charge in [0, 0.05) is 5.02 Å². The number of methoxy groups -OCH3 is 1. The number of ether oxygens (including phenoxy) is 1. The molecule has 1 heterocycles. The number of benzene rings is 2. The molecule has 0 saturated heterocycles. The van der Waals surface area contributed by atoms with Crippen LogP contribution in [-0.4, -0.2) is 24.0 Å². The minimum Gasteiger partial charge on any atom is -0.502 e. The van der Waals surface area contributed by atoms with E-state index < -0.39 is 17.6 Å². The van der Waals surface area contributed by atoms with Crippen LogP contribution >= 0.6 is 11.6 Å². The van der Waals surface area contributed by atoms with E-state index in [1.54, 1.807) is 49.4 Å².